The van der Waals surface area contributed by atoms with Gasteiger partial charge in [0.15, 0.2) is 0 Å². The van der Waals surface area contributed by atoms with Crippen LogP contribution >= 0.6 is 23.2 Å². The van der Waals surface area contributed by atoms with Crippen LogP contribution in [0.5, 0.6) is 0 Å². The van der Waals surface area contributed by atoms with Crippen molar-refractivity contribution in [2.24, 2.45) is 0 Å². The third kappa shape index (κ3) is 3.11. The van der Waals surface area contributed by atoms with Gasteiger partial charge in [-0.15, -0.1) is 0 Å². The molecule has 1 saturated heterocycles. The van der Waals surface area contributed by atoms with Crippen LogP contribution in [0.3, 0.4) is 0 Å². The molecule has 0 spiro atoms. The Bertz CT molecular complexity index is 199. The predicted octanol–water partition coefficient (Wildman–Crippen LogP) is 0.733. The first-order valence-electron chi connectivity index (χ1n) is 4.15. The Morgan fingerprint density at radius 3 is 2.85 bits per heavy atom. The molecule has 0 aromatic heterocycles. The maximum atomic E-state index is 9.34. The normalized spacial score (nSPS) is 31.2. The Labute approximate surface area is 87.6 Å². The lowest BCUT2D eigenvalue weighted by Gasteiger charge is -2.21. The van der Waals surface area contributed by atoms with Gasteiger partial charge < -0.3 is 10.2 Å². The first-order valence-corrected chi connectivity index (χ1v) is 4.96. The summed E-state index contributed by atoms with van der Waals surface area (Å²) in [6, 6.07) is 0.000340. The SMILES string of the molecule is OC[C@@H]1C[C@@H](O)CN1C/C(Cl)=C/Cl. The van der Waals surface area contributed by atoms with Crippen molar-refractivity contribution in [3.05, 3.63) is 10.6 Å². The summed E-state index contributed by atoms with van der Waals surface area (Å²) in [6.07, 6.45) is 0.236. The number of hydrogen-bond donors (Lipinski definition) is 2. The predicted molar refractivity (Wildman–Crippen MR) is 52.9 cm³/mol. The largest absolute Gasteiger partial charge is 0.395 e. The van der Waals surface area contributed by atoms with E-state index < -0.39 is 0 Å². The standard InChI is InChI=1S/C8H13Cl2NO2/c9-2-6(10)3-11-4-8(13)1-7(11)5-12/h2,7-8,12-13H,1,3-5H2/b6-2-/t7-,8+/m0/s1. The number of aliphatic hydroxyl groups excluding tert-OH is 2. The van der Waals surface area contributed by atoms with Gasteiger partial charge in [0.05, 0.1) is 12.7 Å². The van der Waals surface area contributed by atoms with Crippen molar-refractivity contribution in [3.8, 4) is 0 Å². The van der Waals surface area contributed by atoms with Crippen molar-refractivity contribution < 1.29 is 10.2 Å². The van der Waals surface area contributed by atoms with Crippen LogP contribution in [0.25, 0.3) is 0 Å². The van der Waals surface area contributed by atoms with Gasteiger partial charge in [-0.25, -0.2) is 0 Å². The van der Waals surface area contributed by atoms with Crippen LogP contribution in [0.1, 0.15) is 6.42 Å². The Balaban J connectivity index is 2.48. The first kappa shape index (κ1) is 11.3. The van der Waals surface area contributed by atoms with Gasteiger partial charge in [0.25, 0.3) is 0 Å². The summed E-state index contributed by atoms with van der Waals surface area (Å²) in [4.78, 5) is 1.92. The average molecular weight is 226 g/mol. The van der Waals surface area contributed by atoms with Gasteiger partial charge in [-0.05, 0) is 6.42 Å². The second kappa shape index (κ2) is 5.17. The van der Waals surface area contributed by atoms with E-state index in [1.165, 1.54) is 5.54 Å². The van der Waals surface area contributed by atoms with E-state index in [4.69, 9.17) is 28.3 Å². The Hall–Kier alpha value is 0.200. The van der Waals surface area contributed by atoms with Gasteiger partial charge in [0, 0.05) is 29.7 Å². The fourth-order valence-electron chi connectivity index (χ4n) is 1.57. The summed E-state index contributed by atoms with van der Waals surface area (Å²) in [5.74, 6) is 0. The molecule has 1 aliphatic heterocycles. The molecule has 0 radical (unpaired) electrons. The Morgan fingerprint density at radius 2 is 2.31 bits per heavy atom. The molecule has 0 unspecified atom stereocenters. The molecule has 0 aromatic rings. The van der Waals surface area contributed by atoms with E-state index in [-0.39, 0.29) is 18.8 Å². The molecule has 1 aliphatic rings. The van der Waals surface area contributed by atoms with Crippen molar-refractivity contribution in [2.45, 2.75) is 18.6 Å². The summed E-state index contributed by atoms with van der Waals surface area (Å²) < 4.78 is 0. The molecule has 2 atom stereocenters. The number of hydrogen-bond acceptors (Lipinski definition) is 3. The van der Waals surface area contributed by atoms with Gasteiger partial charge in [-0.2, -0.15) is 0 Å². The molecule has 2 N–H and O–H groups in total. The summed E-state index contributed by atoms with van der Waals surface area (Å²) in [5, 5.41) is 18.9. The van der Waals surface area contributed by atoms with Gasteiger partial charge in [0.1, 0.15) is 0 Å². The minimum Gasteiger partial charge on any atom is -0.395 e. The lowest BCUT2D eigenvalue weighted by Crippen LogP contribution is -2.33. The second-order valence-electron chi connectivity index (χ2n) is 3.21. The molecule has 1 heterocycles. The Kier molecular flexibility index (Phi) is 4.49. The summed E-state index contributed by atoms with van der Waals surface area (Å²) in [5.41, 5.74) is 1.31. The Morgan fingerprint density at radius 1 is 1.62 bits per heavy atom. The fourth-order valence-corrected chi connectivity index (χ4v) is 1.79. The zero-order chi connectivity index (χ0) is 9.84. The lowest BCUT2D eigenvalue weighted by molar-refractivity contribution is 0.166. The van der Waals surface area contributed by atoms with Gasteiger partial charge >= 0.3 is 0 Å². The van der Waals surface area contributed by atoms with Crippen LogP contribution in [0, 0.1) is 0 Å². The van der Waals surface area contributed by atoms with E-state index in [2.05, 4.69) is 0 Å². The van der Waals surface area contributed by atoms with E-state index in [9.17, 15) is 5.11 Å². The average Bonchev–Trinajstić information content (AvgIpc) is 2.46. The number of β-amino-alcohol motifs (C(OH)–C–C–N with tert-alkyl or cyclic N) is 1. The quantitative estimate of drug-likeness (QED) is 0.745. The third-order valence-electron chi connectivity index (χ3n) is 2.19. The fraction of sp³-hybridized carbons (Fsp3) is 0.750. The molecule has 0 bridgehead atoms. The highest BCUT2D eigenvalue weighted by atomic mass is 35.5. The maximum absolute atomic E-state index is 9.34. The van der Waals surface area contributed by atoms with E-state index in [0.29, 0.717) is 24.5 Å². The number of aliphatic hydroxyl groups is 2. The molecular weight excluding hydrogens is 213 g/mol. The zero-order valence-corrected chi connectivity index (χ0v) is 8.67. The smallest absolute Gasteiger partial charge is 0.0683 e. The van der Waals surface area contributed by atoms with E-state index in [0.717, 1.165) is 0 Å². The molecule has 0 aliphatic carbocycles. The van der Waals surface area contributed by atoms with Crippen LogP contribution in [0.2, 0.25) is 0 Å². The highest BCUT2D eigenvalue weighted by Gasteiger charge is 2.30. The minimum absolute atomic E-state index is 0.000340. The molecule has 0 saturated carbocycles. The highest BCUT2D eigenvalue weighted by Crippen LogP contribution is 2.19. The number of halogens is 2. The lowest BCUT2D eigenvalue weighted by atomic mass is 10.2. The van der Waals surface area contributed by atoms with Crippen LogP contribution in [0.4, 0.5) is 0 Å². The molecule has 76 valence electrons. The molecule has 1 fully saturated rings. The molecular formula is C8H13Cl2NO2. The van der Waals surface area contributed by atoms with E-state index >= 15 is 0 Å². The van der Waals surface area contributed by atoms with E-state index in [1.54, 1.807) is 0 Å². The number of likely N-dealkylation sites (tertiary alicyclic amines) is 1. The maximum Gasteiger partial charge on any atom is 0.0683 e. The van der Waals surface area contributed by atoms with Crippen molar-refractivity contribution in [1.29, 1.82) is 0 Å². The van der Waals surface area contributed by atoms with Crippen LogP contribution in [0.15, 0.2) is 10.6 Å². The highest BCUT2D eigenvalue weighted by molar-refractivity contribution is 6.36. The number of nitrogens with zero attached hydrogens (tertiary/aromatic N) is 1. The van der Waals surface area contributed by atoms with Crippen molar-refractivity contribution in [3.63, 3.8) is 0 Å². The van der Waals surface area contributed by atoms with Crippen LogP contribution in [-0.2, 0) is 0 Å². The number of rotatable bonds is 3. The van der Waals surface area contributed by atoms with Gasteiger partial charge in [0.2, 0.25) is 0 Å². The minimum atomic E-state index is -0.364. The topological polar surface area (TPSA) is 43.7 Å². The van der Waals surface area contributed by atoms with Crippen molar-refractivity contribution in [1.82, 2.24) is 4.90 Å². The molecule has 5 heteroatoms. The van der Waals surface area contributed by atoms with Crippen LogP contribution in [-0.4, -0.2) is 47.0 Å². The van der Waals surface area contributed by atoms with Crippen molar-refractivity contribution in [2.75, 3.05) is 19.7 Å². The second-order valence-corrected chi connectivity index (χ2v) is 3.92. The molecule has 0 amide bonds. The monoisotopic (exact) mass is 225 g/mol. The summed E-state index contributed by atoms with van der Waals surface area (Å²) >= 11 is 11.2. The third-order valence-corrected chi connectivity index (χ3v) is 2.79. The van der Waals surface area contributed by atoms with Gasteiger partial charge in [-0.1, -0.05) is 23.2 Å². The molecule has 0 aromatic carbocycles. The first-order chi connectivity index (χ1) is 6.17. The van der Waals surface area contributed by atoms with Crippen LogP contribution < -0.4 is 0 Å². The molecule has 3 nitrogen and oxygen atoms in total. The molecule has 13 heavy (non-hydrogen) atoms. The van der Waals surface area contributed by atoms with Gasteiger partial charge in [-0.3, -0.25) is 4.90 Å². The van der Waals surface area contributed by atoms with E-state index in [1.807, 2.05) is 4.90 Å². The summed E-state index contributed by atoms with van der Waals surface area (Å²) in [6.45, 7) is 1.09. The summed E-state index contributed by atoms with van der Waals surface area (Å²) in [7, 11) is 0. The molecule has 1 rings (SSSR count). The zero-order valence-electron chi connectivity index (χ0n) is 7.16. The van der Waals surface area contributed by atoms with Crippen molar-refractivity contribution >= 4 is 23.2 Å².